The summed E-state index contributed by atoms with van der Waals surface area (Å²) in [6.45, 7) is 8.10. The molecule has 0 saturated carbocycles. The van der Waals surface area contributed by atoms with E-state index >= 15 is 0 Å². The zero-order valence-electron chi connectivity index (χ0n) is 11.9. The van der Waals surface area contributed by atoms with Gasteiger partial charge in [0.1, 0.15) is 17.0 Å². The van der Waals surface area contributed by atoms with Gasteiger partial charge < -0.3 is 9.64 Å². The van der Waals surface area contributed by atoms with Crippen molar-refractivity contribution in [1.29, 1.82) is 0 Å². The molecule has 3 rings (SSSR count). The number of nitrogens with zero attached hydrogens (tertiary/aromatic N) is 3. The maximum absolute atomic E-state index is 5.81. The molecule has 3 heterocycles. The molecule has 6 heteroatoms. The van der Waals surface area contributed by atoms with Crippen molar-refractivity contribution in [2.75, 3.05) is 23.4 Å². The van der Waals surface area contributed by atoms with Gasteiger partial charge in [0.2, 0.25) is 0 Å². The average Bonchev–Trinajstić information content (AvgIpc) is 2.75. The van der Waals surface area contributed by atoms with Crippen LogP contribution in [-0.4, -0.2) is 40.6 Å². The van der Waals surface area contributed by atoms with Crippen molar-refractivity contribution in [2.45, 2.75) is 32.9 Å². The number of hydrogen-bond donors (Lipinski definition) is 0. The number of aryl methyl sites for hydroxylation is 2. The number of ether oxygens (including phenoxy) is 1. The molecule has 1 saturated heterocycles. The fourth-order valence-electron chi connectivity index (χ4n) is 2.59. The van der Waals surface area contributed by atoms with Crippen LogP contribution in [0.5, 0.6) is 0 Å². The maximum atomic E-state index is 5.81. The Balaban J connectivity index is 2.08. The van der Waals surface area contributed by atoms with Crippen LogP contribution in [0.25, 0.3) is 10.2 Å². The first kappa shape index (κ1) is 14.2. The summed E-state index contributed by atoms with van der Waals surface area (Å²) in [5.74, 6) is 1.05. The van der Waals surface area contributed by atoms with Gasteiger partial charge in [0.15, 0.2) is 0 Å². The van der Waals surface area contributed by atoms with Crippen LogP contribution in [0.15, 0.2) is 6.33 Å². The second kappa shape index (κ2) is 5.58. The molecule has 0 N–H and O–H groups in total. The van der Waals surface area contributed by atoms with E-state index in [0.29, 0.717) is 6.04 Å². The second-order valence-corrected chi connectivity index (χ2v) is 7.12. The molecule has 2 aromatic rings. The lowest BCUT2D eigenvalue weighted by Gasteiger charge is -2.38. The van der Waals surface area contributed by atoms with E-state index in [-0.39, 0.29) is 6.10 Å². The monoisotopic (exact) mass is 355 g/mol. The lowest BCUT2D eigenvalue weighted by molar-refractivity contribution is 0.0378. The highest BCUT2D eigenvalue weighted by molar-refractivity contribution is 9.09. The number of hydrogen-bond acceptors (Lipinski definition) is 5. The van der Waals surface area contributed by atoms with Crippen LogP contribution in [0.4, 0.5) is 5.82 Å². The number of fused-ring (bicyclic) bond motifs is 1. The van der Waals surface area contributed by atoms with E-state index in [2.05, 4.69) is 51.6 Å². The molecule has 0 aromatic carbocycles. The van der Waals surface area contributed by atoms with Crippen LogP contribution in [0.1, 0.15) is 17.4 Å². The van der Waals surface area contributed by atoms with Crippen LogP contribution in [0.3, 0.4) is 0 Å². The molecule has 1 fully saturated rings. The molecule has 0 amide bonds. The smallest absolute Gasteiger partial charge is 0.141 e. The van der Waals surface area contributed by atoms with Gasteiger partial charge in [-0.25, -0.2) is 9.97 Å². The normalized spacial score (nSPS) is 23.5. The summed E-state index contributed by atoms with van der Waals surface area (Å²) in [7, 11) is 0. The molecule has 1 aliphatic heterocycles. The molecule has 0 aliphatic carbocycles. The van der Waals surface area contributed by atoms with Crippen LogP contribution in [0.2, 0.25) is 0 Å². The van der Waals surface area contributed by atoms with Crippen molar-refractivity contribution in [2.24, 2.45) is 0 Å². The summed E-state index contributed by atoms with van der Waals surface area (Å²) < 4.78 is 5.81. The number of anilines is 1. The van der Waals surface area contributed by atoms with Crippen LogP contribution in [-0.2, 0) is 4.74 Å². The van der Waals surface area contributed by atoms with E-state index in [1.165, 1.54) is 15.8 Å². The number of thiophene rings is 1. The highest BCUT2D eigenvalue weighted by Gasteiger charge is 2.28. The topological polar surface area (TPSA) is 38.2 Å². The summed E-state index contributed by atoms with van der Waals surface area (Å²) in [4.78, 5) is 13.8. The van der Waals surface area contributed by atoms with Gasteiger partial charge in [0.25, 0.3) is 0 Å². The first-order valence-electron chi connectivity index (χ1n) is 6.76. The van der Waals surface area contributed by atoms with E-state index in [4.69, 9.17) is 4.74 Å². The fourth-order valence-corrected chi connectivity index (χ4v) is 3.97. The Morgan fingerprint density at radius 3 is 3.00 bits per heavy atom. The largest absolute Gasteiger partial charge is 0.373 e. The van der Waals surface area contributed by atoms with E-state index in [0.717, 1.165) is 29.1 Å². The standard InChI is InChI=1S/C14H18BrN3OS/c1-8-6-19-11(4-15)5-18(8)13-12-9(2)10(3)20-14(12)17-7-16-13/h7-8,11H,4-6H2,1-3H3. The van der Waals surface area contributed by atoms with Gasteiger partial charge in [-0.3, -0.25) is 0 Å². The summed E-state index contributed by atoms with van der Waals surface area (Å²) in [6, 6.07) is 0.336. The van der Waals surface area contributed by atoms with Crippen molar-refractivity contribution in [3.05, 3.63) is 16.8 Å². The molecule has 4 nitrogen and oxygen atoms in total. The predicted molar refractivity (Wildman–Crippen MR) is 87.2 cm³/mol. The quantitative estimate of drug-likeness (QED) is 0.774. The summed E-state index contributed by atoms with van der Waals surface area (Å²) in [5, 5.41) is 2.06. The van der Waals surface area contributed by atoms with E-state index in [1.807, 2.05) is 0 Å². The Morgan fingerprint density at radius 2 is 2.25 bits per heavy atom. The van der Waals surface area contributed by atoms with E-state index in [1.54, 1.807) is 17.7 Å². The van der Waals surface area contributed by atoms with Crippen molar-refractivity contribution in [3.8, 4) is 0 Å². The van der Waals surface area contributed by atoms with Gasteiger partial charge in [-0.2, -0.15) is 0 Å². The molecule has 20 heavy (non-hydrogen) atoms. The van der Waals surface area contributed by atoms with Gasteiger partial charge in [-0.05, 0) is 26.3 Å². The third kappa shape index (κ3) is 2.34. The van der Waals surface area contributed by atoms with Crippen molar-refractivity contribution < 1.29 is 4.74 Å². The number of halogens is 1. The van der Waals surface area contributed by atoms with Gasteiger partial charge in [-0.1, -0.05) is 15.9 Å². The Hall–Kier alpha value is -0.720. The number of rotatable bonds is 2. The molecule has 0 spiro atoms. The molecule has 2 unspecified atom stereocenters. The first-order chi connectivity index (χ1) is 9.61. The highest BCUT2D eigenvalue weighted by Crippen LogP contribution is 2.35. The Morgan fingerprint density at radius 1 is 1.45 bits per heavy atom. The molecule has 0 radical (unpaired) electrons. The molecule has 108 valence electrons. The maximum Gasteiger partial charge on any atom is 0.141 e. The lowest BCUT2D eigenvalue weighted by Crippen LogP contribution is -2.49. The van der Waals surface area contributed by atoms with Crippen molar-refractivity contribution in [1.82, 2.24) is 9.97 Å². The number of alkyl halides is 1. The molecule has 2 atom stereocenters. The van der Waals surface area contributed by atoms with Crippen molar-refractivity contribution >= 4 is 43.3 Å². The Bertz CT molecular complexity index is 630. The molecule has 2 aromatic heterocycles. The van der Waals surface area contributed by atoms with Gasteiger partial charge in [0.05, 0.1) is 24.1 Å². The molecular weight excluding hydrogens is 338 g/mol. The first-order valence-corrected chi connectivity index (χ1v) is 8.70. The van der Waals surface area contributed by atoms with Gasteiger partial charge >= 0.3 is 0 Å². The van der Waals surface area contributed by atoms with Crippen LogP contribution >= 0.6 is 27.3 Å². The predicted octanol–water partition coefficient (Wildman–Crippen LogP) is 3.30. The Kier molecular flexibility index (Phi) is 3.97. The highest BCUT2D eigenvalue weighted by atomic mass is 79.9. The van der Waals surface area contributed by atoms with Gasteiger partial charge in [-0.15, -0.1) is 11.3 Å². The summed E-state index contributed by atoms with van der Waals surface area (Å²) in [5.41, 5.74) is 1.30. The second-order valence-electron chi connectivity index (χ2n) is 5.27. The SMILES string of the molecule is Cc1sc2ncnc(N3CC(CBr)OCC3C)c2c1C. The van der Waals surface area contributed by atoms with Crippen LogP contribution in [0, 0.1) is 13.8 Å². The third-order valence-corrected chi connectivity index (χ3v) is 5.73. The lowest BCUT2D eigenvalue weighted by atomic mass is 10.1. The summed E-state index contributed by atoms with van der Waals surface area (Å²) >= 11 is 5.26. The molecular formula is C14H18BrN3OS. The van der Waals surface area contributed by atoms with Crippen molar-refractivity contribution in [3.63, 3.8) is 0 Å². The zero-order valence-corrected chi connectivity index (χ0v) is 14.3. The number of aromatic nitrogens is 2. The number of morpholine rings is 1. The zero-order chi connectivity index (χ0) is 14.3. The van der Waals surface area contributed by atoms with E-state index < -0.39 is 0 Å². The average molecular weight is 356 g/mol. The fraction of sp³-hybridized carbons (Fsp3) is 0.571. The third-order valence-electron chi connectivity index (χ3n) is 3.90. The van der Waals surface area contributed by atoms with Gasteiger partial charge in [0, 0.05) is 16.8 Å². The minimum Gasteiger partial charge on any atom is -0.373 e. The molecule has 0 bridgehead atoms. The minimum atomic E-state index is 0.219. The molecule has 1 aliphatic rings. The van der Waals surface area contributed by atoms with Crippen LogP contribution < -0.4 is 4.90 Å². The van der Waals surface area contributed by atoms with E-state index in [9.17, 15) is 0 Å². The Labute approximate surface area is 131 Å². The summed E-state index contributed by atoms with van der Waals surface area (Å²) in [6.07, 6.45) is 1.90. The minimum absolute atomic E-state index is 0.219.